The minimum Gasteiger partial charge on any atom is -0.379 e. The number of morpholine rings is 1. The minimum absolute atomic E-state index is 0.149. The number of benzene rings is 2. The molecule has 0 amide bonds. The summed E-state index contributed by atoms with van der Waals surface area (Å²) in [5, 5.41) is 10.6. The summed E-state index contributed by atoms with van der Waals surface area (Å²) < 4.78 is 86.6. The molecule has 0 radical (unpaired) electrons. The van der Waals surface area contributed by atoms with Gasteiger partial charge in [0, 0.05) is 30.4 Å². The fourth-order valence-corrected chi connectivity index (χ4v) is 4.33. The second-order valence-electron chi connectivity index (χ2n) is 8.31. The number of carbonyl (C=O) groups excluding carboxylic acids is 1. The fraction of sp³-hybridized carbons (Fsp3) is 0.269. The molecule has 1 fully saturated rings. The number of ether oxygens (including phenoxy) is 1. The monoisotopic (exact) mass is 519 g/mol. The molecule has 1 aromatic heterocycles. The van der Waals surface area contributed by atoms with Crippen LogP contribution in [0.3, 0.4) is 0 Å². The highest BCUT2D eigenvalue weighted by Crippen LogP contribution is 2.41. The number of ketones is 1. The van der Waals surface area contributed by atoms with Crippen LogP contribution in [-0.2, 0) is 22.6 Å². The largest absolute Gasteiger partial charge is 0.417 e. The van der Waals surface area contributed by atoms with Gasteiger partial charge in [0.2, 0.25) is 5.78 Å². The molecule has 1 saturated heterocycles. The quantitative estimate of drug-likeness (QED) is 0.331. The molecule has 0 N–H and O–H groups in total. The molecule has 4 rings (SSSR count). The van der Waals surface area contributed by atoms with Crippen molar-refractivity contribution in [2.24, 2.45) is 0 Å². The van der Waals surface area contributed by atoms with E-state index >= 15 is 0 Å². The molecular formula is C26H19F6N3O2. The van der Waals surface area contributed by atoms with Crippen LogP contribution in [0.25, 0.3) is 0 Å². The highest BCUT2D eigenvalue weighted by Gasteiger charge is 2.46. The summed E-state index contributed by atoms with van der Waals surface area (Å²) in [7, 11) is 0. The van der Waals surface area contributed by atoms with Gasteiger partial charge in [0.1, 0.15) is 5.69 Å². The van der Waals surface area contributed by atoms with E-state index in [4.69, 9.17) is 4.74 Å². The Hall–Kier alpha value is -3.75. The van der Waals surface area contributed by atoms with E-state index in [-0.39, 0.29) is 37.4 Å². The van der Waals surface area contributed by atoms with E-state index in [2.05, 4.69) is 11.1 Å². The Kier molecular flexibility index (Phi) is 7.08. The summed E-state index contributed by atoms with van der Waals surface area (Å²) >= 11 is 0. The van der Waals surface area contributed by atoms with Gasteiger partial charge in [0.25, 0.3) is 0 Å². The van der Waals surface area contributed by atoms with Crippen molar-refractivity contribution in [1.29, 1.82) is 5.26 Å². The van der Waals surface area contributed by atoms with Crippen molar-refractivity contribution < 1.29 is 35.9 Å². The Morgan fingerprint density at radius 1 is 0.865 bits per heavy atom. The zero-order chi connectivity index (χ0) is 26.8. The molecule has 0 saturated carbocycles. The number of aromatic nitrogens is 1. The minimum atomic E-state index is -4.86. The molecule has 3 aromatic rings. The standard InChI is InChI=1S/C26H19F6N3O2/c27-25(28,29)19-8-4-5-17(13-19)23(36)22-21(14-20(15-34-22)26(30,31)32)24(16-33,18-6-2-1-3-7-18)35-9-11-37-12-10-35/h1-8,13-15H,9-12H2/t24-/m0/s1. The summed E-state index contributed by atoms with van der Waals surface area (Å²) in [6, 6.07) is 14.2. The molecule has 0 bridgehead atoms. The number of nitriles is 1. The second kappa shape index (κ2) is 9.95. The van der Waals surface area contributed by atoms with E-state index in [1.807, 2.05) is 0 Å². The van der Waals surface area contributed by atoms with Crippen LogP contribution >= 0.6 is 0 Å². The van der Waals surface area contributed by atoms with Crippen molar-refractivity contribution in [2.75, 3.05) is 26.3 Å². The van der Waals surface area contributed by atoms with Gasteiger partial charge in [-0.2, -0.15) is 31.6 Å². The lowest BCUT2D eigenvalue weighted by Crippen LogP contribution is -2.52. The van der Waals surface area contributed by atoms with Crippen LogP contribution in [-0.4, -0.2) is 42.0 Å². The van der Waals surface area contributed by atoms with Gasteiger partial charge in [-0.05, 0) is 23.8 Å². The van der Waals surface area contributed by atoms with Gasteiger partial charge in [-0.3, -0.25) is 14.7 Å². The van der Waals surface area contributed by atoms with Crippen molar-refractivity contribution in [2.45, 2.75) is 17.9 Å². The third-order valence-electron chi connectivity index (χ3n) is 6.11. The lowest BCUT2D eigenvalue weighted by Gasteiger charge is -2.42. The van der Waals surface area contributed by atoms with Crippen LogP contribution < -0.4 is 0 Å². The molecule has 1 aliphatic rings. The van der Waals surface area contributed by atoms with Crippen LogP contribution in [0.2, 0.25) is 0 Å². The number of hydrogen-bond acceptors (Lipinski definition) is 5. The number of halogens is 6. The van der Waals surface area contributed by atoms with Gasteiger partial charge < -0.3 is 4.74 Å². The van der Waals surface area contributed by atoms with Crippen molar-refractivity contribution in [3.63, 3.8) is 0 Å². The predicted octanol–water partition coefficient (Wildman–Crippen LogP) is 5.45. The zero-order valence-electron chi connectivity index (χ0n) is 19.1. The average Bonchev–Trinajstić information content (AvgIpc) is 2.89. The molecule has 2 heterocycles. The number of pyridine rings is 1. The topological polar surface area (TPSA) is 66.2 Å². The van der Waals surface area contributed by atoms with Crippen LogP contribution in [0, 0.1) is 11.3 Å². The maximum atomic E-state index is 13.8. The first-order valence-electron chi connectivity index (χ1n) is 11.1. The number of nitrogens with zero attached hydrogens (tertiary/aromatic N) is 3. The maximum Gasteiger partial charge on any atom is 0.417 e. The summed E-state index contributed by atoms with van der Waals surface area (Å²) in [4.78, 5) is 18.9. The summed E-state index contributed by atoms with van der Waals surface area (Å²) in [6.45, 7) is 0.658. The van der Waals surface area contributed by atoms with E-state index in [1.165, 1.54) is 12.1 Å². The van der Waals surface area contributed by atoms with Gasteiger partial charge in [0.15, 0.2) is 5.54 Å². The van der Waals surface area contributed by atoms with Crippen molar-refractivity contribution in [3.05, 3.63) is 100 Å². The van der Waals surface area contributed by atoms with Gasteiger partial charge in [-0.15, -0.1) is 0 Å². The molecule has 5 nitrogen and oxygen atoms in total. The van der Waals surface area contributed by atoms with E-state index < -0.39 is 46.1 Å². The molecule has 11 heteroatoms. The molecular weight excluding hydrogens is 500 g/mol. The second-order valence-corrected chi connectivity index (χ2v) is 8.31. The van der Waals surface area contributed by atoms with Gasteiger partial charge in [0.05, 0.1) is 30.4 Å². The van der Waals surface area contributed by atoms with Gasteiger partial charge >= 0.3 is 12.4 Å². The van der Waals surface area contributed by atoms with E-state index in [0.29, 0.717) is 18.3 Å². The number of carbonyl (C=O) groups is 1. The molecule has 0 aliphatic carbocycles. The average molecular weight is 519 g/mol. The summed E-state index contributed by atoms with van der Waals surface area (Å²) in [6.07, 6.45) is -9.17. The van der Waals surface area contributed by atoms with E-state index in [1.54, 1.807) is 23.1 Å². The highest BCUT2D eigenvalue weighted by molar-refractivity contribution is 6.09. The van der Waals surface area contributed by atoms with Gasteiger partial charge in [-0.1, -0.05) is 42.5 Å². The Morgan fingerprint density at radius 3 is 2.08 bits per heavy atom. The number of hydrogen-bond donors (Lipinski definition) is 0. The maximum absolute atomic E-state index is 13.8. The first-order valence-corrected chi connectivity index (χ1v) is 11.1. The van der Waals surface area contributed by atoms with Crippen molar-refractivity contribution in [1.82, 2.24) is 9.88 Å². The SMILES string of the molecule is N#C[C@](c1ccccc1)(c1cc(C(F)(F)F)cnc1C(=O)c1cccc(C(F)(F)F)c1)N1CCOCC1. The zero-order valence-corrected chi connectivity index (χ0v) is 19.1. The van der Waals surface area contributed by atoms with Crippen LogP contribution in [0.1, 0.15) is 38.3 Å². The van der Waals surface area contributed by atoms with Gasteiger partial charge in [-0.25, -0.2) is 0 Å². The van der Waals surface area contributed by atoms with Crippen LogP contribution in [0.15, 0.2) is 66.9 Å². The number of rotatable bonds is 5. The first-order chi connectivity index (χ1) is 17.5. The Bertz CT molecular complexity index is 1330. The molecule has 2 aromatic carbocycles. The Labute approximate surface area is 207 Å². The van der Waals surface area contributed by atoms with Crippen LogP contribution in [0.5, 0.6) is 0 Å². The molecule has 1 atom stereocenters. The van der Waals surface area contributed by atoms with Crippen molar-refractivity contribution >= 4 is 5.78 Å². The first kappa shape index (κ1) is 26.3. The normalized spacial score (nSPS) is 16.6. The molecule has 0 spiro atoms. The molecule has 192 valence electrons. The van der Waals surface area contributed by atoms with Crippen molar-refractivity contribution in [3.8, 4) is 6.07 Å². The lowest BCUT2D eigenvalue weighted by molar-refractivity contribution is -0.138. The van der Waals surface area contributed by atoms with Crippen LogP contribution in [0.4, 0.5) is 26.3 Å². The third kappa shape index (κ3) is 5.08. The smallest absolute Gasteiger partial charge is 0.379 e. The fourth-order valence-electron chi connectivity index (χ4n) is 4.33. The van der Waals surface area contributed by atoms with E-state index in [9.17, 15) is 36.4 Å². The predicted molar refractivity (Wildman–Crippen MR) is 119 cm³/mol. The number of alkyl halides is 6. The summed E-state index contributed by atoms with van der Waals surface area (Å²) in [5.74, 6) is -1.04. The highest BCUT2D eigenvalue weighted by atomic mass is 19.4. The molecule has 1 aliphatic heterocycles. The Balaban J connectivity index is 2.01. The lowest BCUT2D eigenvalue weighted by atomic mass is 9.79. The Morgan fingerprint density at radius 2 is 1.49 bits per heavy atom. The molecule has 0 unspecified atom stereocenters. The third-order valence-corrected chi connectivity index (χ3v) is 6.11. The van der Waals surface area contributed by atoms with E-state index in [0.717, 1.165) is 18.2 Å². The molecule has 37 heavy (non-hydrogen) atoms. The summed E-state index contributed by atoms with van der Waals surface area (Å²) in [5.41, 5.74) is -5.29.